The molecule has 118 valence electrons. The van der Waals surface area contributed by atoms with Gasteiger partial charge in [0.25, 0.3) is 0 Å². The third-order valence-electron chi connectivity index (χ3n) is 3.82. The maximum atomic E-state index is 9.90. The number of ether oxygens (including phenoxy) is 3. The van der Waals surface area contributed by atoms with Crippen LogP contribution in [0.4, 0.5) is 0 Å². The normalized spacial score (nSPS) is 53.9. The van der Waals surface area contributed by atoms with Gasteiger partial charge in [0.15, 0.2) is 6.29 Å². The molecule has 1 unspecified atom stereocenters. The SMILES string of the molecule is C[C@@H]1OC[C@H](O)[C@H](O)[C@H]1OC1O[C@H](C)[C@H](O)[C@H](O)[C@H]1O. The van der Waals surface area contributed by atoms with Gasteiger partial charge in [-0.1, -0.05) is 0 Å². The van der Waals surface area contributed by atoms with Crippen molar-refractivity contribution in [2.45, 2.75) is 69.0 Å². The average Bonchev–Trinajstić information content (AvgIpc) is 2.42. The van der Waals surface area contributed by atoms with E-state index in [1.54, 1.807) is 6.92 Å². The number of rotatable bonds is 2. The van der Waals surface area contributed by atoms with Gasteiger partial charge in [0.1, 0.15) is 36.6 Å². The van der Waals surface area contributed by atoms with Gasteiger partial charge < -0.3 is 39.7 Å². The van der Waals surface area contributed by atoms with Crippen LogP contribution in [0.1, 0.15) is 13.8 Å². The van der Waals surface area contributed by atoms with Crippen molar-refractivity contribution in [1.82, 2.24) is 0 Å². The van der Waals surface area contributed by atoms with E-state index in [-0.39, 0.29) is 6.61 Å². The molecule has 2 aliphatic heterocycles. The molecule has 9 atom stereocenters. The van der Waals surface area contributed by atoms with Gasteiger partial charge in [0.2, 0.25) is 0 Å². The van der Waals surface area contributed by atoms with Gasteiger partial charge in [0.05, 0.1) is 18.8 Å². The van der Waals surface area contributed by atoms with Crippen LogP contribution in [0, 0.1) is 0 Å². The summed E-state index contributed by atoms with van der Waals surface area (Å²) in [7, 11) is 0. The molecule has 0 saturated carbocycles. The summed E-state index contributed by atoms with van der Waals surface area (Å²) in [6, 6.07) is 0. The Bertz CT molecular complexity index is 327. The molecule has 0 bridgehead atoms. The summed E-state index contributed by atoms with van der Waals surface area (Å²) >= 11 is 0. The van der Waals surface area contributed by atoms with Gasteiger partial charge >= 0.3 is 0 Å². The topological polar surface area (TPSA) is 129 Å². The average molecular weight is 294 g/mol. The highest BCUT2D eigenvalue weighted by Gasteiger charge is 2.46. The molecule has 0 amide bonds. The fourth-order valence-corrected chi connectivity index (χ4v) is 2.41. The molecule has 0 radical (unpaired) electrons. The lowest BCUT2D eigenvalue weighted by Crippen LogP contribution is -2.61. The summed E-state index contributed by atoms with van der Waals surface area (Å²) in [5.41, 5.74) is 0. The Balaban J connectivity index is 2.04. The molecular weight excluding hydrogens is 272 g/mol. The van der Waals surface area contributed by atoms with Crippen LogP contribution in [0.15, 0.2) is 0 Å². The Hall–Kier alpha value is -0.320. The summed E-state index contributed by atoms with van der Waals surface area (Å²) in [4.78, 5) is 0. The van der Waals surface area contributed by atoms with E-state index < -0.39 is 55.1 Å². The fourth-order valence-electron chi connectivity index (χ4n) is 2.41. The number of aliphatic hydroxyl groups excluding tert-OH is 5. The lowest BCUT2D eigenvalue weighted by Gasteiger charge is -2.43. The van der Waals surface area contributed by atoms with Crippen LogP contribution in [0.3, 0.4) is 0 Å². The second-order valence-electron chi connectivity index (χ2n) is 5.38. The molecule has 8 nitrogen and oxygen atoms in total. The summed E-state index contributed by atoms with van der Waals surface area (Å²) < 4.78 is 16.0. The van der Waals surface area contributed by atoms with E-state index in [1.807, 2.05) is 0 Å². The number of hydrogen-bond acceptors (Lipinski definition) is 8. The monoisotopic (exact) mass is 294 g/mol. The molecule has 0 aromatic heterocycles. The largest absolute Gasteiger partial charge is 0.388 e. The second kappa shape index (κ2) is 6.20. The van der Waals surface area contributed by atoms with Crippen molar-refractivity contribution < 1.29 is 39.7 Å². The number of hydrogen-bond donors (Lipinski definition) is 5. The Kier molecular flexibility index (Phi) is 4.98. The van der Waals surface area contributed by atoms with Gasteiger partial charge in [-0.05, 0) is 13.8 Å². The van der Waals surface area contributed by atoms with Crippen LogP contribution < -0.4 is 0 Å². The standard InChI is InChI=1S/C12H22O8/c1-4-7(14)9(16)10(17)12(19-4)20-11-5(2)18-3-6(13)8(11)15/h4-17H,3H2,1-2H3/t4-,5+,6+,7+,8+,9+,10-,11+,12?/m1/s1. The molecule has 2 heterocycles. The molecule has 0 aromatic rings. The van der Waals surface area contributed by atoms with Gasteiger partial charge in [-0.3, -0.25) is 0 Å². The van der Waals surface area contributed by atoms with Crippen LogP contribution in [-0.4, -0.2) is 87.3 Å². The highest BCUT2D eigenvalue weighted by molar-refractivity contribution is 4.91. The van der Waals surface area contributed by atoms with E-state index in [0.717, 1.165) is 0 Å². The minimum Gasteiger partial charge on any atom is -0.388 e. The minimum absolute atomic E-state index is 0.00594. The van der Waals surface area contributed by atoms with E-state index in [4.69, 9.17) is 14.2 Å². The van der Waals surface area contributed by atoms with E-state index >= 15 is 0 Å². The maximum absolute atomic E-state index is 9.90. The van der Waals surface area contributed by atoms with Crippen molar-refractivity contribution >= 4 is 0 Å². The van der Waals surface area contributed by atoms with E-state index in [9.17, 15) is 25.5 Å². The van der Waals surface area contributed by atoms with Gasteiger partial charge in [-0.15, -0.1) is 0 Å². The van der Waals surface area contributed by atoms with Crippen molar-refractivity contribution in [2.24, 2.45) is 0 Å². The lowest BCUT2D eigenvalue weighted by molar-refractivity contribution is -0.329. The van der Waals surface area contributed by atoms with Crippen molar-refractivity contribution in [3.05, 3.63) is 0 Å². The molecule has 2 rings (SSSR count). The first kappa shape index (κ1) is 16.1. The predicted molar refractivity (Wildman–Crippen MR) is 64.7 cm³/mol. The quantitative estimate of drug-likeness (QED) is 0.373. The van der Waals surface area contributed by atoms with Gasteiger partial charge in [-0.25, -0.2) is 0 Å². The first-order chi connectivity index (χ1) is 9.32. The lowest BCUT2D eigenvalue weighted by atomic mass is 9.98. The van der Waals surface area contributed by atoms with E-state index in [1.165, 1.54) is 6.92 Å². The zero-order valence-electron chi connectivity index (χ0n) is 11.4. The molecule has 5 N–H and O–H groups in total. The highest BCUT2D eigenvalue weighted by atomic mass is 16.7. The molecule has 2 fully saturated rings. The van der Waals surface area contributed by atoms with Crippen LogP contribution in [-0.2, 0) is 14.2 Å². The summed E-state index contributed by atoms with van der Waals surface area (Å²) in [6.07, 6.45) is -9.75. The molecule has 2 saturated heterocycles. The van der Waals surface area contributed by atoms with Crippen LogP contribution in [0.25, 0.3) is 0 Å². The summed E-state index contributed by atoms with van der Waals surface area (Å²) in [6.45, 7) is 3.18. The number of aliphatic hydroxyl groups is 5. The predicted octanol–water partition coefficient (Wildman–Crippen LogP) is -2.66. The third-order valence-corrected chi connectivity index (χ3v) is 3.82. The van der Waals surface area contributed by atoms with Crippen molar-refractivity contribution in [1.29, 1.82) is 0 Å². The Morgan fingerprint density at radius 3 is 2.15 bits per heavy atom. The van der Waals surface area contributed by atoms with Crippen molar-refractivity contribution in [3.8, 4) is 0 Å². The summed E-state index contributed by atoms with van der Waals surface area (Å²) in [5, 5.41) is 48.6. The molecule has 0 spiro atoms. The Labute approximate surface area is 116 Å². The molecule has 8 heteroatoms. The van der Waals surface area contributed by atoms with Crippen LogP contribution >= 0.6 is 0 Å². The van der Waals surface area contributed by atoms with E-state index in [0.29, 0.717) is 0 Å². The zero-order chi connectivity index (χ0) is 15.0. The first-order valence-electron chi connectivity index (χ1n) is 6.65. The van der Waals surface area contributed by atoms with Gasteiger partial charge in [-0.2, -0.15) is 0 Å². The highest BCUT2D eigenvalue weighted by Crippen LogP contribution is 2.26. The summed E-state index contributed by atoms with van der Waals surface area (Å²) in [5.74, 6) is 0. The van der Waals surface area contributed by atoms with Crippen molar-refractivity contribution in [2.75, 3.05) is 6.61 Å². The molecular formula is C12H22O8. The molecule has 20 heavy (non-hydrogen) atoms. The van der Waals surface area contributed by atoms with Crippen LogP contribution in [0.5, 0.6) is 0 Å². The first-order valence-corrected chi connectivity index (χ1v) is 6.65. The molecule has 2 aliphatic rings. The zero-order valence-corrected chi connectivity index (χ0v) is 11.4. The van der Waals surface area contributed by atoms with E-state index in [2.05, 4.69) is 0 Å². The fraction of sp³-hybridized carbons (Fsp3) is 1.00. The minimum atomic E-state index is -1.46. The van der Waals surface area contributed by atoms with Crippen LogP contribution in [0.2, 0.25) is 0 Å². The molecule has 0 aromatic carbocycles. The Morgan fingerprint density at radius 1 is 0.850 bits per heavy atom. The second-order valence-corrected chi connectivity index (χ2v) is 5.38. The van der Waals surface area contributed by atoms with Gasteiger partial charge in [0, 0.05) is 0 Å². The van der Waals surface area contributed by atoms with Crippen molar-refractivity contribution in [3.63, 3.8) is 0 Å². The maximum Gasteiger partial charge on any atom is 0.187 e. The molecule has 0 aliphatic carbocycles. The smallest absolute Gasteiger partial charge is 0.187 e. The Morgan fingerprint density at radius 2 is 1.50 bits per heavy atom. The third kappa shape index (κ3) is 2.97.